The summed E-state index contributed by atoms with van der Waals surface area (Å²) >= 11 is 0. The summed E-state index contributed by atoms with van der Waals surface area (Å²) in [5.74, 6) is 0. The number of benzene rings is 1. The van der Waals surface area contributed by atoms with Crippen molar-refractivity contribution in [3.8, 4) is 11.3 Å². The molecule has 70 valence electrons. The van der Waals surface area contributed by atoms with Gasteiger partial charge in [0.25, 0.3) is 0 Å². The van der Waals surface area contributed by atoms with Crippen molar-refractivity contribution < 1.29 is 0 Å². The van der Waals surface area contributed by atoms with Crippen LogP contribution < -0.4 is 5.73 Å². The van der Waals surface area contributed by atoms with Crippen LogP contribution in [-0.4, -0.2) is 21.6 Å². The summed E-state index contributed by atoms with van der Waals surface area (Å²) in [6.07, 6.45) is 2.82. The van der Waals surface area contributed by atoms with Gasteiger partial charge in [-0.05, 0) is 0 Å². The van der Waals surface area contributed by atoms with Crippen molar-refractivity contribution in [2.45, 2.75) is 0 Å². The smallest absolute Gasteiger partial charge is 0.114 e. The van der Waals surface area contributed by atoms with E-state index in [0.29, 0.717) is 16.9 Å². The van der Waals surface area contributed by atoms with Gasteiger partial charge in [-0.3, -0.25) is 0 Å². The van der Waals surface area contributed by atoms with E-state index in [1.807, 2.05) is 12.1 Å². The molecule has 14 heavy (non-hydrogen) atoms. The van der Waals surface area contributed by atoms with E-state index in [4.69, 9.17) is 11.1 Å². The molecule has 2 rings (SSSR count). The molecule has 0 unspecified atom stereocenters. The number of nitrogens with two attached hydrogens (primary N) is 1. The standard InChI is InChI=1S/C9H9N5/c10-4-6-2-1-3-7(9(6)11)8-5-12-14-13-8/h1-5,10H,11H2,(H,12,13,14). The maximum absolute atomic E-state index is 7.16. The topological polar surface area (TPSA) is 91.4 Å². The Hall–Kier alpha value is -2.17. The van der Waals surface area contributed by atoms with Crippen LogP contribution in [0.3, 0.4) is 0 Å². The highest BCUT2D eigenvalue weighted by Gasteiger charge is 2.07. The minimum absolute atomic E-state index is 0.552. The van der Waals surface area contributed by atoms with E-state index in [0.717, 1.165) is 5.56 Å². The maximum Gasteiger partial charge on any atom is 0.114 e. The molecule has 5 nitrogen and oxygen atoms in total. The van der Waals surface area contributed by atoms with Crippen molar-refractivity contribution in [1.29, 1.82) is 5.41 Å². The molecule has 0 aliphatic carbocycles. The van der Waals surface area contributed by atoms with Crippen molar-refractivity contribution in [2.24, 2.45) is 0 Å². The number of nitrogens with one attached hydrogen (secondary N) is 2. The van der Waals surface area contributed by atoms with E-state index < -0.39 is 0 Å². The normalized spacial score (nSPS) is 10.0. The number of H-pyrrole nitrogens is 1. The Bertz CT molecular complexity index is 446. The number of hydrogen-bond donors (Lipinski definition) is 3. The first-order chi connectivity index (χ1) is 6.83. The van der Waals surface area contributed by atoms with Gasteiger partial charge in [0.05, 0.1) is 6.20 Å². The minimum Gasteiger partial charge on any atom is -0.398 e. The Morgan fingerprint density at radius 3 is 2.93 bits per heavy atom. The quantitative estimate of drug-likeness (QED) is 0.484. The number of para-hydroxylation sites is 1. The van der Waals surface area contributed by atoms with E-state index in [9.17, 15) is 0 Å². The number of nitrogen functional groups attached to an aromatic ring is 1. The zero-order valence-electron chi connectivity index (χ0n) is 7.36. The van der Waals surface area contributed by atoms with Gasteiger partial charge in [-0.1, -0.05) is 18.2 Å². The number of nitrogens with zero attached hydrogens (tertiary/aromatic N) is 2. The second-order valence-electron chi connectivity index (χ2n) is 2.81. The summed E-state index contributed by atoms with van der Waals surface area (Å²) in [4.78, 5) is 0. The minimum atomic E-state index is 0.552. The van der Waals surface area contributed by atoms with E-state index in [-0.39, 0.29) is 0 Å². The number of aromatic amines is 1. The van der Waals surface area contributed by atoms with Crippen LogP contribution in [-0.2, 0) is 0 Å². The summed E-state index contributed by atoms with van der Waals surface area (Å²) in [6.45, 7) is 0. The molecule has 1 aromatic heterocycles. The van der Waals surface area contributed by atoms with Crippen LogP contribution in [0, 0.1) is 5.41 Å². The summed E-state index contributed by atoms with van der Waals surface area (Å²) in [5.41, 5.74) is 8.57. The van der Waals surface area contributed by atoms with Crippen molar-refractivity contribution >= 4 is 11.9 Å². The van der Waals surface area contributed by atoms with E-state index in [1.54, 1.807) is 12.3 Å². The lowest BCUT2D eigenvalue weighted by Crippen LogP contribution is -1.96. The first-order valence-electron chi connectivity index (χ1n) is 4.08. The largest absolute Gasteiger partial charge is 0.398 e. The van der Waals surface area contributed by atoms with Crippen LogP contribution in [0.25, 0.3) is 11.3 Å². The molecular weight excluding hydrogens is 178 g/mol. The second kappa shape index (κ2) is 3.29. The molecule has 5 heteroatoms. The third-order valence-corrected chi connectivity index (χ3v) is 1.99. The number of anilines is 1. The molecule has 0 spiro atoms. The van der Waals surface area contributed by atoms with Gasteiger partial charge in [0.1, 0.15) is 5.69 Å². The SMILES string of the molecule is N=Cc1cccc(-c2cn[nH]n2)c1N. The van der Waals surface area contributed by atoms with Gasteiger partial charge < -0.3 is 11.1 Å². The molecular formula is C9H9N5. The maximum atomic E-state index is 7.16. The van der Waals surface area contributed by atoms with Gasteiger partial charge in [0.2, 0.25) is 0 Å². The molecule has 2 aromatic rings. The highest BCUT2D eigenvalue weighted by Crippen LogP contribution is 2.25. The molecule has 1 aromatic carbocycles. The summed E-state index contributed by atoms with van der Waals surface area (Å²) in [7, 11) is 0. The highest BCUT2D eigenvalue weighted by atomic mass is 15.3. The Morgan fingerprint density at radius 2 is 2.29 bits per heavy atom. The van der Waals surface area contributed by atoms with Crippen LogP contribution in [0.5, 0.6) is 0 Å². The van der Waals surface area contributed by atoms with Crippen LogP contribution >= 0.6 is 0 Å². The molecule has 0 atom stereocenters. The fraction of sp³-hybridized carbons (Fsp3) is 0. The molecule has 0 bridgehead atoms. The molecule has 0 aliphatic heterocycles. The van der Waals surface area contributed by atoms with Gasteiger partial charge >= 0.3 is 0 Å². The van der Waals surface area contributed by atoms with Crippen molar-refractivity contribution in [2.75, 3.05) is 5.73 Å². The van der Waals surface area contributed by atoms with Gasteiger partial charge in [-0.25, -0.2) is 0 Å². The van der Waals surface area contributed by atoms with Crippen LogP contribution in [0.4, 0.5) is 5.69 Å². The van der Waals surface area contributed by atoms with E-state index in [2.05, 4.69) is 15.4 Å². The lowest BCUT2D eigenvalue weighted by Gasteiger charge is -2.04. The highest BCUT2D eigenvalue weighted by molar-refractivity contribution is 5.91. The lowest BCUT2D eigenvalue weighted by atomic mass is 10.1. The fourth-order valence-corrected chi connectivity index (χ4v) is 1.26. The number of rotatable bonds is 2. The molecule has 0 saturated carbocycles. The Morgan fingerprint density at radius 1 is 1.43 bits per heavy atom. The van der Waals surface area contributed by atoms with Crippen LogP contribution in [0.15, 0.2) is 24.4 Å². The molecule has 0 radical (unpaired) electrons. The van der Waals surface area contributed by atoms with Crippen molar-refractivity contribution in [1.82, 2.24) is 15.4 Å². The van der Waals surface area contributed by atoms with E-state index in [1.165, 1.54) is 6.21 Å². The predicted molar refractivity (Wildman–Crippen MR) is 54.1 cm³/mol. The molecule has 4 N–H and O–H groups in total. The van der Waals surface area contributed by atoms with Crippen LogP contribution in [0.2, 0.25) is 0 Å². The van der Waals surface area contributed by atoms with Gasteiger partial charge in [0, 0.05) is 23.0 Å². The first kappa shape index (κ1) is 8.43. The third kappa shape index (κ3) is 1.24. The summed E-state index contributed by atoms with van der Waals surface area (Å²) in [6, 6.07) is 5.47. The molecule has 0 amide bonds. The number of aromatic nitrogens is 3. The molecule has 0 fully saturated rings. The predicted octanol–water partition coefficient (Wildman–Crippen LogP) is 1.05. The average molecular weight is 187 g/mol. The number of hydrogen-bond acceptors (Lipinski definition) is 4. The molecule has 1 heterocycles. The Kier molecular flexibility index (Phi) is 1.98. The summed E-state index contributed by atoms with van der Waals surface area (Å²) in [5, 5.41) is 17.3. The van der Waals surface area contributed by atoms with Gasteiger partial charge in [-0.2, -0.15) is 15.4 Å². The first-order valence-corrected chi connectivity index (χ1v) is 4.08. The summed E-state index contributed by atoms with van der Waals surface area (Å²) < 4.78 is 0. The Labute approximate surface area is 80.5 Å². The zero-order chi connectivity index (χ0) is 9.97. The molecule has 0 aliphatic rings. The zero-order valence-corrected chi connectivity index (χ0v) is 7.36. The average Bonchev–Trinajstić information content (AvgIpc) is 2.71. The molecule has 0 saturated heterocycles. The van der Waals surface area contributed by atoms with Crippen molar-refractivity contribution in [3.05, 3.63) is 30.0 Å². The van der Waals surface area contributed by atoms with E-state index >= 15 is 0 Å². The second-order valence-corrected chi connectivity index (χ2v) is 2.81. The third-order valence-electron chi connectivity index (χ3n) is 1.99. The van der Waals surface area contributed by atoms with Gasteiger partial charge in [0.15, 0.2) is 0 Å². The van der Waals surface area contributed by atoms with Crippen LogP contribution in [0.1, 0.15) is 5.56 Å². The Balaban J connectivity index is 2.60. The monoisotopic (exact) mass is 187 g/mol. The lowest BCUT2D eigenvalue weighted by molar-refractivity contribution is 0.942. The van der Waals surface area contributed by atoms with Gasteiger partial charge in [-0.15, -0.1) is 0 Å². The van der Waals surface area contributed by atoms with Crippen molar-refractivity contribution in [3.63, 3.8) is 0 Å². The fourth-order valence-electron chi connectivity index (χ4n) is 1.26.